The molecule has 2 aromatic heterocycles. The lowest BCUT2D eigenvalue weighted by atomic mass is 10.1. The van der Waals surface area contributed by atoms with E-state index in [1.54, 1.807) is 35.2 Å². The molecule has 3 aromatic rings. The molecule has 0 aliphatic carbocycles. The van der Waals surface area contributed by atoms with Gasteiger partial charge in [-0.25, -0.2) is 9.97 Å². The first-order valence-corrected chi connectivity index (χ1v) is 10.8. The highest BCUT2D eigenvalue weighted by Crippen LogP contribution is 2.21. The summed E-state index contributed by atoms with van der Waals surface area (Å²) in [6.07, 6.45) is 0. The van der Waals surface area contributed by atoms with E-state index < -0.39 is 0 Å². The van der Waals surface area contributed by atoms with Crippen LogP contribution in [-0.2, 0) is 5.75 Å². The molecule has 0 spiro atoms. The molecule has 150 valence electrons. The number of aromatic nitrogens is 2. The number of nitrogens with zero attached hydrogens (tertiary/aromatic N) is 2. The van der Waals surface area contributed by atoms with Crippen LogP contribution in [0.4, 0.5) is 0 Å². The summed E-state index contributed by atoms with van der Waals surface area (Å²) in [5, 5.41) is 0.742. The Hall–Kier alpha value is -2.71. The van der Waals surface area contributed by atoms with Gasteiger partial charge in [0.15, 0.2) is 5.16 Å². The van der Waals surface area contributed by atoms with Gasteiger partial charge in [-0.05, 0) is 57.5 Å². The minimum Gasteiger partial charge on any atom is -0.267 e. The number of aryl methyl sites for hydroxylation is 4. The fourth-order valence-electron chi connectivity index (χ4n) is 2.77. The van der Waals surface area contributed by atoms with E-state index in [9.17, 15) is 9.59 Å². The molecule has 2 amide bonds. The summed E-state index contributed by atoms with van der Waals surface area (Å²) in [6.45, 7) is 7.73. The molecule has 0 aliphatic rings. The van der Waals surface area contributed by atoms with Gasteiger partial charge in [0, 0.05) is 32.5 Å². The van der Waals surface area contributed by atoms with E-state index in [4.69, 9.17) is 0 Å². The first-order valence-electron chi connectivity index (χ1n) is 9.03. The molecule has 0 saturated heterocycles. The predicted octanol–water partition coefficient (Wildman–Crippen LogP) is 4.14. The summed E-state index contributed by atoms with van der Waals surface area (Å²) in [7, 11) is 0. The fraction of sp³-hybridized carbons (Fsp3) is 0.238. The Morgan fingerprint density at radius 1 is 0.931 bits per heavy atom. The zero-order valence-electron chi connectivity index (χ0n) is 16.7. The van der Waals surface area contributed by atoms with Crippen LogP contribution < -0.4 is 10.9 Å². The fourth-order valence-corrected chi connectivity index (χ4v) is 4.59. The normalized spacial score (nSPS) is 10.6. The number of carbonyl (C=O) groups excluding carboxylic acids is 2. The Balaban J connectivity index is 1.54. The second-order valence-corrected chi connectivity index (χ2v) is 9.06. The number of nitrogens with one attached hydrogen (secondary N) is 2. The standard InChI is InChI=1S/C21H22N4O2S2/c1-12-9-13(2)23-21(22-12)28-11-16-5-7-17(8-6-16)19(26)24-25-20(27)18-10-14(3)29-15(18)4/h5-10H,11H2,1-4H3,(H,24,26)(H,25,27). The van der Waals surface area contributed by atoms with E-state index in [1.165, 1.54) is 0 Å². The largest absolute Gasteiger partial charge is 0.270 e. The highest BCUT2D eigenvalue weighted by molar-refractivity contribution is 7.98. The van der Waals surface area contributed by atoms with Gasteiger partial charge in [-0.15, -0.1) is 11.3 Å². The van der Waals surface area contributed by atoms with E-state index >= 15 is 0 Å². The molecule has 0 unspecified atom stereocenters. The van der Waals surface area contributed by atoms with Gasteiger partial charge in [0.1, 0.15) is 0 Å². The van der Waals surface area contributed by atoms with Gasteiger partial charge in [-0.1, -0.05) is 23.9 Å². The zero-order valence-corrected chi connectivity index (χ0v) is 18.3. The number of hydrazine groups is 1. The maximum absolute atomic E-state index is 12.3. The monoisotopic (exact) mass is 426 g/mol. The Morgan fingerprint density at radius 2 is 1.55 bits per heavy atom. The molecule has 0 fully saturated rings. The Morgan fingerprint density at radius 3 is 2.14 bits per heavy atom. The van der Waals surface area contributed by atoms with Crippen LogP contribution in [0.25, 0.3) is 0 Å². The van der Waals surface area contributed by atoms with Crippen LogP contribution >= 0.6 is 23.1 Å². The second-order valence-electron chi connectivity index (χ2n) is 6.65. The van der Waals surface area contributed by atoms with Crippen LogP contribution in [0.2, 0.25) is 0 Å². The molecular formula is C21H22N4O2S2. The quantitative estimate of drug-likeness (QED) is 0.364. The molecule has 1 aromatic carbocycles. The summed E-state index contributed by atoms with van der Waals surface area (Å²) >= 11 is 3.10. The van der Waals surface area contributed by atoms with E-state index in [0.29, 0.717) is 16.9 Å². The van der Waals surface area contributed by atoms with Crippen LogP contribution in [-0.4, -0.2) is 21.8 Å². The SMILES string of the molecule is Cc1cc(C)nc(SCc2ccc(C(=O)NNC(=O)c3cc(C)sc3C)cc2)n1. The van der Waals surface area contributed by atoms with E-state index in [2.05, 4.69) is 20.8 Å². The third kappa shape index (κ3) is 5.65. The molecule has 0 saturated carbocycles. The third-order valence-corrected chi connectivity index (χ3v) is 6.01. The number of hydrogen-bond donors (Lipinski definition) is 2. The van der Waals surface area contributed by atoms with Crippen LogP contribution in [0, 0.1) is 27.7 Å². The summed E-state index contributed by atoms with van der Waals surface area (Å²) < 4.78 is 0. The van der Waals surface area contributed by atoms with Gasteiger partial charge in [-0.2, -0.15) is 0 Å². The molecule has 3 rings (SSSR count). The van der Waals surface area contributed by atoms with Crippen LogP contribution in [0.3, 0.4) is 0 Å². The number of hydrogen-bond acceptors (Lipinski definition) is 6. The summed E-state index contributed by atoms with van der Waals surface area (Å²) in [4.78, 5) is 35.3. The van der Waals surface area contributed by atoms with E-state index in [1.807, 2.05) is 52.0 Å². The van der Waals surface area contributed by atoms with Crippen LogP contribution in [0.5, 0.6) is 0 Å². The first kappa shape index (κ1) is 21.0. The second kappa shape index (κ2) is 9.19. The summed E-state index contributed by atoms with van der Waals surface area (Å²) in [6, 6.07) is 11.0. The van der Waals surface area contributed by atoms with Gasteiger partial charge in [0.05, 0.1) is 5.56 Å². The van der Waals surface area contributed by atoms with Crippen molar-refractivity contribution in [3.05, 3.63) is 74.2 Å². The maximum Gasteiger partial charge on any atom is 0.270 e. The van der Waals surface area contributed by atoms with Crippen molar-refractivity contribution in [3.63, 3.8) is 0 Å². The van der Waals surface area contributed by atoms with Gasteiger partial charge >= 0.3 is 0 Å². The summed E-state index contributed by atoms with van der Waals surface area (Å²) in [5.74, 6) is 0.0275. The molecule has 6 nitrogen and oxygen atoms in total. The highest BCUT2D eigenvalue weighted by Gasteiger charge is 2.13. The van der Waals surface area contributed by atoms with Crippen LogP contribution in [0.1, 0.15) is 47.4 Å². The number of benzene rings is 1. The van der Waals surface area contributed by atoms with Crippen LogP contribution in [0.15, 0.2) is 41.6 Å². The molecule has 0 bridgehead atoms. The molecule has 2 N–H and O–H groups in total. The lowest BCUT2D eigenvalue weighted by Crippen LogP contribution is -2.41. The molecule has 2 heterocycles. The Kier molecular flexibility index (Phi) is 6.66. The maximum atomic E-state index is 12.3. The summed E-state index contributed by atoms with van der Waals surface area (Å²) in [5.41, 5.74) is 8.94. The molecule has 29 heavy (non-hydrogen) atoms. The molecular weight excluding hydrogens is 404 g/mol. The highest BCUT2D eigenvalue weighted by atomic mass is 32.2. The van der Waals surface area contributed by atoms with Crippen molar-refractivity contribution in [2.45, 2.75) is 38.6 Å². The van der Waals surface area contributed by atoms with Crippen molar-refractivity contribution in [2.24, 2.45) is 0 Å². The number of thiophene rings is 1. The molecule has 8 heteroatoms. The minimum absolute atomic E-state index is 0.318. The smallest absolute Gasteiger partial charge is 0.267 e. The van der Waals surface area contributed by atoms with Gasteiger partial charge in [-0.3, -0.25) is 20.4 Å². The first-order chi connectivity index (χ1) is 13.8. The Bertz CT molecular complexity index is 1030. The van der Waals surface area contributed by atoms with Crippen molar-refractivity contribution >= 4 is 34.9 Å². The van der Waals surface area contributed by atoms with Crippen molar-refractivity contribution in [2.75, 3.05) is 0 Å². The minimum atomic E-state index is -0.361. The molecule has 0 atom stereocenters. The van der Waals surface area contributed by atoms with Crippen molar-refractivity contribution < 1.29 is 9.59 Å². The van der Waals surface area contributed by atoms with Gasteiger partial charge in [0.2, 0.25) is 0 Å². The average Bonchev–Trinajstić information content (AvgIpc) is 3.02. The van der Waals surface area contributed by atoms with E-state index in [0.717, 1.165) is 31.9 Å². The van der Waals surface area contributed by atoms with Crippen molar-refractivity contribution in [3.8, 4) is 0 Å². The number of thioether (sulfide) groups is 1. The number of carbonyl (C=O) groups is 2. The zero-order chi connectivity index (χ0) is 21.0. The average molecular weight is 427 g/mol. The van der Waals surface area contributed by atoms with Gasteiger partial charge in [0.25, 0.3) is 11.8 Å². The predicted molar refractivity (Wildman–Crippen MR) is 116 cm³/mol. The third-order valence-electron chi connectivity index (χ3n) is 4.12. The lowest BCUT2D eigenvalue weighted by molar-refractivity contribution is 0.0846. The molecule has 0 radical (unpaired) electrons. The van der Waals surface area contributed by atoms with E-state index in [-0.39, 0.29) is 11.8 Å². The van der Waals surface area contributed by atoms with Crippen molar-refractivity contribution in [1.82, 2.24) is 20.8 Å². The number of amides is 2. The number of rotatable bonds is 5. The van der Waals surface area contributed by atoms with Crippen molar-refractivity contribution in [1.29, 1.82) is 0 Å². The Labute approximate surface area is 178 Å². The van der Waals surface area contributed by atoms with Gasteiger partial charge < -0.3 is 0 Å². The lowest BCUT2D eigenvalue weighted by Gasteiger charge is -2.08. The topological polar surface area (TPSA) is 84.0 Å². The molecule has 0 aliphatic heterocycles.